The predicted octanol–water partition coefficient (Wildman–Crippen LogP) is 1.53. The number of hydrogen-bond acceptors (Lipinski definition) is 4. The van der Waals surface area contributed by atoms with Crippen LogP contribution in [0.15, 0.2) is 32.6 Å². The minimum Gasteiger partial charge on any atom is -0.312 e. The van der Waals surface area contributed by atoms with Crippen LogP contribution < -0.4 is 16.1 Å². The van der Waals surface area contributed by atoms with Crippen LogP contribution in [0.2, 0.25) is 0 Å². The van der Waals surface area contributed by atoms with Crippen LogP contribution >= 0.6 is 11.3 Å². The van der Waals surface area contributed by atoms with Crippen LogP contribution in [-0.4, -0.2) is 14.1 Å². The van der Waals surface area contributed by atoms with Gasteiger partial charge < -0.3 is 9.55 Å². The van der Waals surface area contributed by atoms with Crippen molar-refractivity contribution in [3.05, 3.63) is 65.8 Å². The van der Waals surface area contributed by atoms with Crippen molar-refractivity contribution in [2.75, 3.05) is 0 Å². The molecule has 0 aliphatic carbocycles. The first kappa shape index (κ1) is 15.2. The molecule has 3 rings (SSSR count). The van der Waals surface area contributed by atoms with Crippen LogP contribution in [0.1, 0.15) is 11.3 Å². The number of aryl methyl sites for hydroxylation is 1. The molecule has 3 aromatic rings. The first-order chi connectivity index (χ1) is 10.9. The number of aromatic nitrogens is 3. The summed E-state index contributed by atoms with van der Waals surface area (Å²) in [4.78, 5) is 37.6. The molecule has 0 radical (unpaired) electrons. The number of nitrogens with one attached hydrogen (secondary N) is 1. The number of benzene rings is 1. The number of nitrogens with zero attached hydrogens (tertiary/aromatic N) is 2. The Morgan fingerprint density at radius 3 is 2.70 bits per heavy atom. The molecule has 1 N–H and O–H groups in total. The van der Waals surface area contributed by atoms with Gasteiger partial charge in [-0.1, -0.05) is 11.3 Å². The maximum atomic E-state index is 14.0. The molecule has 0 atom stereocenters. The van der Waals surface area contributed by atoms with Crippen molar-refractivity contribution >= 4 is 33.8 Å². The van der Waals surface area contributed by atoms with Crippen molar-refractivity contribution in [1.82, 2.24) is 14.1 Å². The Kier molecular flexibility index (Phi) is 3.61. The molecule has 2 aromatic heterocycles. The lowest BCUT2D eigenvalue weighted by molar-refractivity contribution is 0.627. The molecule has 0 bridgehead atoms. The SMILES string of the molecule is Cc1cc(=O)n(C=Cc2cc3[nH]c(=O)sc3cc2F)c(=O)n1C. The van der Waals surface area contributed by atoms with Gasteiger partial charge in [-0.25, -0.2) is 13.8 Å². The number of fused-ring (bicyclic) bond motifs is 1. The van der Waals surface area contributed by atoms with Gasteiger partial charge in [0.15, 0.2) is 0 Å². The first-order valence-electron chi connectivity index (χ1n) is 6.66. The summed E-state index contributed by atoms with van der Waals surface area (Å²) in [6, 6.07) is 4.03. The highest BCUT2D eigenvalue weighted by Crippen LogP contribution is 2.20. The van der Waals surface area contributed by atoms with E-state index in [9.17, 15) is 18.8 Å². The normalized spacial score (nSPS) is 11.6. The summed E-state index contributed by atoms with van der Waals surface area (Å²) < 4.78 is 16.8. The van der Waals surface area contributed by atoms with E-state index in [4.69, 9.17) is 0 Å². The van der Waals surface area contributed by atoms with Gasteiger partial charge in [0.2, 0.25) is 0 Å². The van der Waals surface area contributed by atoms with Gasteiger partial charge in [-0.15, -0.1) is 0 Å². The van der Waals surface area contributed by atoms with E-state index in [1.807, 2.05) is 0 Å². The Morgan fingerprint density at radius 2 is 1.96 bits per heavy atom. The van der Waals surface area contributed by atoms with Gasteiger partial charge in [-0.2, -0.15) is 0 Å². The summed E-state index contributed by atoms with van der Waals surface area (Å²) in [6.45, 7) is 1.65. The van der Waals surface area contributed by atoms with Gasteiger partial charge in [0, 0.05) is 30.6 Å². The van der Waals surface area contributed by atoms with Crippen molar-refractivity contribution in [3.63, 3.8) is 0 Å². The van der Waals surface area contributed by atoms with Crippen molar-refractivity contribution in [2.24, 2.45) is 7.05 Å². The lowest BCUT2D eigenvalue weighted by atomic mass is 10.2. The standard InChI is InChI=1S/C15H12FN3O3S/c1-8-5-13(20)19(15(22)18(8)2)4-3-9-6-11-12(7-10(9)16)23-14(21)17-11/h3-7H,1-2H3,(H,17,21). The van der Waals surface area contributed by atoms with E-state index in [0.29, 0.717) is 15.9 Å². The second-order valence-corrected chi connectivity index (χ2v) is 6.05. The average molecular weight is 333 g/mol. The van der Waals surface area contributed by atoms with E-state index < -0.39 is 17.1 Å². The summed E-state index contributed by atoms with van der Waals surface area (Å²) in [5, 5.41) is 0. The lowest BCUT2D eigenvalue weighted by Crippen LogP contribution is -2.36. The van der Waals surface area contributed by atoms with Gasteiger partial charge in [-0.3, -0.25) is 9.59 Å². The maximum absolute atomic E-state index is 14.0. The third-order valence-electron chi connectivity index (χ3n) is 3.53. The highest BCUT2D eigenvalue weighted by Gasteiger charge is 2.07. The summed E-state index contributed by atoms with van der Waals surface area (Å²) in [6.07, 6.45) is 2.54. The maximum Gasteiger partial charge on any atom is 0.335 e. The number of rotatable bonds is 2. The molecule has 0 aliphatic heterocycles. The van der Waals surface area contributed by atoms with Gasteiger partial charge in [0.25, 0.3) is 5.56 Å². The number of halogens is 1. The van der Waals surface area contributed by atoms with Crippen LogP contribution in [0.5, 0.6) is 0 Å². The fraction of sp³-hybridized carbons (Fsp3) is 0.133. The summed E-state index contributed by atoms with van der Waals surface area (Å²) >= 11 is 0.914. The van der Waals surface area contributed by atoms with E-state index in [-0.39, 0.29) is 10.4 Å². The fourth-order valence-corrected chi connectivity index (χ4v) is 2.90. The van der Waals surface area contributed by atoms with E-state index in [2.05, 4.69) is 4.98 Å². The average Bonchev–Trinajstić information content (AvgIpc) is 2.83. The van der Waals surface area contributed by atoms with Gasteiger partial charge >= 0.3 is 10.6 Å². The topological polar surface area (TPSA) is 76.9 Å². The number of aromatic amines is 1. The van der Waals surface area contributed by atoms with Gasteiger partial charge in [0.1, 0.15) is 5.82 Å². The predicted molar refractivity (Wildman–Crippen MR) is 88.3 cm³/mol. The minimum atomic E-state index is -0.541. The highest BCUT2D eigenvalue weighted by atomic mass is 32.1. The second-order valence-electron chi connectivity index (χ2n) is 5.04. The van der Waals surface area contributed by atoms with Crippen molar-refractivity contribution in [2.45, 2.75) is 6.92 Å². The lowest BCUT2D eigenvalue weighted by Gasteiger charge is -2.05. The molecular weight excluding hydrogens is 321 g/mol. The summed E-state index contributed by atoms with van der Waals surface area (Å²) in [5.41, 5.74) is 0.198. The van der Waals surface area contributed by atoms with E-state index in [0.717, 1.165) is 15.9 Å². The number of hydrogen-bond donors (Lipinski definition) is 1. The Balaban J connectivity index is 2.12. The largest absolute Gasteiger partial charge is 0.335 e. The molecule has 118 valence electrons. The zero-order valence-electron chi connectivity index (χ0n) is 12.3. The van der Waals surface area contributed by atoms with Gasteiger partial charge in [0.05, 0.1) is 10.2 Å². The van der Waals surface area contributed by atoms with Crippen LogP contribution in [0.25, 0.3) is 22.5 Å². The van der Waals surface area contributed by atoms with Gasteiger partial charge in [-0.05, 0) is 25.1 Å². The zero-order valence-corrected chi connectivity index (χ0v) is 13.1. The van der Waals surface area contributed by atoms with Crippen LogP contribution in [0.3, 0.4) is 0 Å². The van der Waals surface area contributed by atoms with Crippen molar-refractivity contribution in [3.8, 4) is 0 Å². The van der Waals surface area contributed by atoms with Crippen molar-refractivity contribution in [1.29, 1.82) is 0 Å². The molecular formula is C15H12FN3O3S. The fourth-order valence-electron chi connectivity index (χ4n) is 2.16. The van der Waals surface area contributed by atoms with Crippen LogP contribution in [-0.2, 0) is 7.05 Å². The molecule has 23 heavy (non-hydrogen) atoms. The Hall–Kier alpha value is -2.74. The summed E-state index contributed by atoms with van der Waals surface area (Å²) in [7, 11) is 1.55. The molecule has 0 amide bonds. The van der Waals surface area contributed by atoms with Crippen LogP contribution in [0, 0.1) is 12.7 Å². The van der Waals surface area contributed by atoms with Crippen molar-refractivity contribution < 1.29 is 4.39 Å². The zero-order chi connectivity index (χ0) is 16.7. The minimum absolute atomic E-state index is 0.168. The first-order valence-corrected chi connectivity index (χ1v) is 7.48. The number of H-pyrrole nitrogens is 1. The van der Waals surface area contributed by atoms with E-state index >= 15 is 0 Å². The molecule has 1 aromatic carbocycles. The molecule has 0 unspecified atom stereocenters. The monoisotopic (exact) mass is 333 g/mol. The Labute approximate surface area is 132 Å². The Bertz CT molecular complexity index is 1120. The molecule has 0 saturated heterocycles. The summed E-state index contributed by atoms with van der Waals surface area (Å²) in [5.74, 6) is -0.541. The van der Waals surface area contributed by atoms with Crippen LogP contribution in [0.4, 0.5) is 4.39 Å². The third kappa shape index (κ3) is 2.68. The molecule has 8 heteroatoms. The quantitative estimate of drug-likeness (QED) is 0.772. The molecule has 0 saturated carbocycles. The van der Waals surface area contributed by atoms with E-state index in [1.165, 1.54) is 35.0 Å². The smallest absolute Gasteiger partial charge is 0.312 e. The molecule has 0 spiro atoms. The molecule has 0 fully saturated rings. The molecule has 2 heterocycles. The second kappa shape index (κ2) is 5.47. The highest BCUT2D eigenvalue weighted by molar-refractivity contribution is 7.16. The number of thiazole rings is 1. The molecule has 6 nitrogen and oxygen atoms in total. The molecule has 0 aliphatic rings. The Morgan fingerprint density at radius 1 is 1.22 bits per heavy atom. The third-order valence-corrected chi connectivity index (χ3v) is 4.38. The van der Waals surface area contributed by atoms with E-state index in [1.54, 1.807) is 14.0 Å².